The fourth-order valence-corrected chi connectivity index (χ4v) is 4.88. The largest absolute Gasteiger partial charge is 0.379 e. The van der Waals surface area contributed by atoms with E-state index in [1.54, 1.807) is 12.1 Å². The second kappa shape index (κ2) is 11.9. The van der Waals surface area contributed by atoms with Gasteiger partial charge in [-0.25, -0.2) is 17.7 Å². The molecule has 1 aliphatic heterocycles. The summed E-state index contributed by atoms with van der Waals surface area (Å²) < 4.78 is 33.7. The SMILES string of the molecule is CCCCn1c(CCC(=O)NCCCN2CCOCC2)nc2cc(S(=O)(=O)N(C)C)ccc21. The van der Waals surface area contributed by atoms with Crippen LogP contribution in [0, 0.1) is 0 Å². The minimum Gasteiger partial charge on any atom is -0.379 e. The van der Waals surface area contributed by atoms with Gasteiger partial charge < -0.3 is 14.6 Å². The molecule has 0 unspecified atom stereocenters. The fourth-order valence-electron chi connectivity index (χ4n) is 3.96. The van der Waals surface area contributed by atoms with Gasteiger partial charge in [0.2, 0.25) is 15.9 Å². The predicted molar refractivity (Wildman–Crippen MR) is 129 cm³/mol. The average molecular weight is 480 g/mol. The lowest BCUT2D eigenvalue weighted by Gasteiger charge is -2.26. The average Bonchev–Trinajstić information content (AvgIpc) is 3.16. The summed E-state index contributed by atoms with van der Waals surface area (Å²) in [6.45, 7) is 8.04. The van der Waals surface area contributed by atoms with Crippen LogP contribution in [0.4, 0.5) is 0 Å². The molecule has 0 saturated carbocycles. The van der Waals surface area contributed by atoms with Gasteiger partial charge in [0.15, 0.2) is 0 Å². The summed E-state index contributed by atoms with van der Waals surface area (Å²) in [5.74, 6) is 0.836. The van der Waals surface area contributed by atoms with E-state index in [2.05, 4.69) is 21.7 Å². The molecule has 1 amide bonds. The first-order chi connectivity index (χ1) is 15.8. The third-order valence-corrected chi connectivity index (χ3v) is 7.78. The number of unbranched alkanes of at least 4 members (excludes halogenated alkanes) is 1. The van der Waals surface area contributed by atoms with Gasteiger partial charge in [0.05, 0.1) is 29.1 Å². The summed E-state index contributed by atoms with van der Waals surface area (Å²) in [6.07, 6.45) is 3.82. The van der Waals surface area contributed by atoms with Crippen LogP contribution in [0.15, 0.2) is 23.1 Å². The Morgan fingerprint density at radius 3 is 2.64 bits per heavy atom. The van der Waals surface area contributed by atoms with Gasteiger partial charge in [0.1, 0.15) is 5.82 Å². The molecule has 1 N–H and O–H groups in total. The topological polar surface area (TPSA) is 96.8 Å². The molecule has 0 spiro atoms. The highest BCUT2D eigenvalue weighted by atomic mass is 32.2. The maximum absolute atomic E-state index is 12.5. The van der Waals surface area contributed by atoms with Crippen molar-refractivity contribution in [1.29, 1.82) is 0 Å². The molecule has 10 heteroatoms. The van der Waals surface area contributed by atoms with Gasteiger partial charge in [-0.15, -0.1) is 0 Å². The number of amides is 1. The Morgan fingerprint density at radius 2 is 1.94 bits per heavy atom. The van der Waals surface area contributed by atoms with Gasteiger partial charge in [-0.3, -0.25) is 9.69 Å². The first kappa shape index (κ1) is 25.6. The van der Waals surface area contributed by atoms with Crippen LogP contribution in [0.5, 0.6) is 0 Å². The number of rotatable bonds is 12. The van der Waals surface area contributed by atoms with Crippen molar-refractivity contribution in [3.8, 4) is 0 Å². The smallest absolute Gasteiger partial charge is 0.242 e. The van der Waals surface area contributed by atoms with Crippen molar-refractivity contribution in [2.45, 2.75) is 50.5 Å². The number of carbonyl (C=O) groups is 1. The molecular formula is C23H37N5O4S. The van der Waals surface area contributed by atoms with E-state index in [1.165, 1.54) is 18.4 Å². The Hall–Kier alpha value is -2.01. The zero-order chi connectivity index (χ0) is 23.8. The van der Waals surface area contributed by atoms with E-state index in [4.69, 9.17) is 9.72 Å². The molecule has 1 aromatic carbocycles. The number of ether oxygens (including phenoxy) is 1. The van der Waals surface area contributed by atoms with Crippen LogP contribution < -0.4 is 5.32 Å². The molecular weight excluding hydrogens is 442 g/mol. The van der Waals surface area contributed by atoms with E-state index in [1.807, 2.05) is 6.07 Å². The van der Waals surface area contributed by atoms with Crippen molar-refractivity contribution in [1.82, 2.24) is 24.1 Å². The van der Waals surface area contributed by atoms with E-state index < -0.39 is 10.0 Å². The third-order valence-electron chi connectivity index (χ3n) is 5.97. The number of aryl methyl sites for hydroxylation is 2. The molecule has 2 aromatic rings. The van der Waals surface area contributed by atoms with Crippen molar-refractivity contribution in [3.05, 3.63) is 24.0 Å². The monoisotopic (exact) mass is 479 g/mol. The van der Waals surface area contributed by atoms with E-state index in [0.29, 0.717) is 24.9 Å². The number of carbonyl (C=O) groups excluding carboxylic acids is 1. The summed E-state index contributed by atoms with van der Waals surface area (Å²) in [7, 11) is -0.490. The first-order valence-electron chi connectivity index (χ1n) is 11.8. The molecule has 0 atom stereocenters. The molecule has 0 radical (unpaired) electrons. The van der Waals surface area contributed by atoms with Crippen LogP contribution in [-0.4, -0.2) is 86.6 Å². The third kappa shape index (κ3) is 6.75. The van der Waals surface area contributed by atoms with Gasteiger partial charge in [0.25, 0.3) is 0 Å². The highest BCUT2D eigenvalue weighted by molar-refractivity contribution is 7.89. The van der Waals surface area contributed by atoms with Crippen LogP contribution >= 0.6 is 0 Å². The van der Waals surface area contributed by atoms with Crippen LogP contribution in [0.1, 0.15) is 38.4 Å². The molecule has 3 rings (SSSR count). The predicted octanol–water partition coefficient (Wildman–Crippen LogP) is 1.86. The standard InChI is InChI=1S/C23H37N5O4S/c1-4-5-13-28-21-8-7-19(33(30,31)26(2)3)18-20(21)25-22(28)9-10-23(29)24-11-6-12-27-14-16-32-17-15-27/h7-8,18H,4-6,9-17H2,1-3H3,(H,24,29). The zero-order valence-electron chi connectivity index (χ0n) is 20.0. The van der Waals surface area contributed by atoms with Gasteiger partial charge in [0, 0.05) is 53.1 Å². The first-order valence-corrected chi connectivity index (χ1v) is 13.3. The van der Waals surface area contributed by atoms with Gasteiger partial charge >= 0.3 is 0 Å². The number of hydrogen-bond acceptors (Lipinski definition) is 6. The molecule has 1 saturated heterocycles. The van der Waals surface area contributed by atoms with Gasteiger partial charge in [-0.1, -0.05) is 13.3 Å². The second-order valence-corrected chi connectivity index (χ2v) is 10.8. The maximum atomic E-state index is 12.5. The van der Waals surface area contributed by atoms with Crippen molar-refractivity contribution >= 4 is 27.0 Å². The summed E-state index contributed by atoms with van der Waals surface area (Å²) in [4.78, 5) is 19.7. The maximum Gasteiger partial charge on any atom is 0.242 e. The molecule has 1 fully saturated rings. The van der Waals surface area contributed by atoms with Crippen LogP contribution in [0.25, 0.3) is 11.0 Å². The van der Waals surface area contributed by atoms with E-state index >= 15 is 0 Å². The van der Waals surface area contributed by atoms with E-state index in [-0.39, 0.29) is 10.8 Å². The normalized spacial score (nSPS) is 15.4. The molecule has 184 valence electrons. The van der Waals surface area contributed by atoms with Gasteiger partial charge in [-0.2, -0.15) is 0 Å². The Balaban J connectivity index is 1.62. The molecule has 33 heavy (non-hydrogen) atoms. The lowest BCUT2D eigenvalue weighted by molar-refractivity contribution is -0.121. The molecule has 0 bridgehead atoms. The van der Waals surface area contributed by atoms with Crippen molar-refractivity contribution in [2.75, 3.05) is 53.5 Å². The summed E-state index contributed by atoms with van der Waals surface area (Å²) in [6, 6.07) is 5.08. The van der Waals surface area contributed by atoms with Crippen LogP contribution in [0.2, 0.25) is 0 Å². The number of fused-ring (bicyclic) bond motifs is 1. The Bertz CT molecular complexity index is 1030. The van der Waals surface area contributed by atoms with E-state index in [0.717, 1.165) is 70.0 Å². The summed E-state index contributed by atoms with van der Waals surface area (Å²) in [5, 5.41) is 3.01. The highest BCUT2D eigenvalue weighted by Crippen LogP contribution is 2.23. The van der Waals surface area contributed by atoms with Crippen molar-refractivity contribution < 1.29 is 17.9 Å². The Kier molecular flexibility index (Phi) is 9.25. The number of imidazole rings is 1. The number of nitrogens with one attached hydrogen (secondary N) is 1. The zero-order valence-corrected chi connectivity index (χ0v) is 20.9. The summed E-state index contributed by atoms with van der Waals surface area (Å²) >= 11 is 0. The lowest BCUT2D eigenvalue weighted by atomic mass is 10.2. The number of aromatic nitrogens is 2. The number of hydrogen-bond donors (Lipinski definition) is 1. The minimum atomic E-state index is -3.53. The molecule has 9 nitrogen and oxygen atoms in total. The second-order valence-electron chi connectivity index (χ2n) is 8.63. The number of morpholine rings is 1. The molecule has 2 heterocycles. The van der Waals surface area contributed by atoms with E-state index in [9.17, 15) is 13.2 Å². The quantitative estimate of drug-likeness (QED) is 0.467. The number of nitrogens with zero attached hydrogens (tertiary/aromatic N) is 4. The van der Waals surface area contributed by atoms with Crippen LogP contribution in [0.3, 0.4) is 0 Å². The summed E-state index contributed by atoms with van der Waals surface area (Å²) in [5.41, 5.74) is 1.55. The minimum absolute atomic E-state index is 0.0157. The molecule has 0 aliphatic carbocycles. The number of benzene rings is 1. The Labute approximate surface area is 197 Å². The van der Waals surface area contributed by atoms with Crippen LogP contribution in [-0.2, 0) is 32.5 Å². The van der Waals surface area contributed by atoms with Gasteiger partial charge in [-0.05, 0) is 37.6 Å². The van der Waals surface area contributed by atoms with Crippen molar-refractivity contribution in [2.24, 2.45) is 0 Å². The number of sulfonamides is 1. The fraction of sp³-hybridized carbons (Fsp3) is 0.652. The highest BCUT2D eigenvalue weighted by Gasteiger charge is 2.20. The molecule has 1 aliphatic rings. The van der Waals surface area contributed by atoms with Crippen molar-refractivity contribution in [3.63, 3.8) is 0 Å². The molecule has 1 aromatic heterocycles. The lowest BCUT2D eigenvalue weighted by Crippen LogP contribution is -2.38. The Morgan fingerprint density at radius 1 is 1.18 bits per heavy atom.